The molecule has 502 valence electrons. The average Bonchev–Trinajstić information content (AvgIpc) is 0.979. The van der Waals surface area contributed by atoms with E-state index in [0.717, 1.165) is 77.6 Å². The van der Waals surface area contributed by atoms with E-state index in [2.05, 4.69) is 36.6 Å². The molecule has 23 nitrogen and oxygen atoms in total. The molecular weight excluding hydrogens is 1120 g/mol. The van der Waals surface area contributed by atoms with Gasteiger partial charge in [0.25, 0.3) is 5.79 Å². The van der Waals surface area contributed by atoms with Crippen molar-refractivity contribution in [1.82, 2.24) is 10.6 Å². The van der Waals surface area contributed by atoms with Gasteiger partial charge in [0, 0.05) is 19.8 Å². The molecule has 18 unspecified atom stereocenters. The number of amides is 2. The van der Waals surface area contributed by atoms with Crippen LogP contribution in [0.1, 0.15) is 220 Å². The van der Waals surface area contributed by atoms with Crippen LogP contribution in [0.4, 0.5) is 0 Å². The zero-order valence-electron chi connectivity index (χ0n) is 51.9. The van der Waals surface area contributed by atoms with Crippen molar-refractivity contribution < 1.29 is 104 Å². The lowest BCUT2D eigenvalue weighted by Gasteiger charge is -2.50. The highest BCUT2D eigenvalue weighted by atomic mass is 16.8. The van der Waals surface area contributed by atoms with E-state index in [0.29, 0.717) is 12.8 Å². The Morgan fingerprint density at radius 2 is 1.09 bits per heavy atom. The number of hydrogen-bond acceptors (Lipinski definition) is 20. The fraction of sp³-hybridized carbons (Fsp3) is 0.889. The Morgan fingerprint density at radius 3 is 1.58 bits per heavy atom. The van der Waals surface area contributed by atoms with Crippen LogP contribution in [0.3, 0.4) is 0 Å². The normalized spacial score (nSPS) is 29.5. The van der Waals surface area contributed by atoms with Gasteiger partial charge >= 0.3 is 5.97 Å². The number of rotatable bonds is 48. The van der Waals surface area contributed by atoms with E-state index in [-0.39, 0.29) is 12.3 Å². The first kappa shape index (κ1) is 77.5. The van der Waals surface area contributed by atoms with Gasteiger partial charge in [0.05, 0.1) is 50.7 Å². The zero-order chi connectivity index (χ0) is 63.3. The number of carbonyl (C=O) groups is 3. The number of nitrogens with one attached hydrogen (secondary N) is 2. The van der Waals surface area contributed by atoms with Crippen LogP contribution in [0, 0.1) is 0 Å². The lowest BCUT2D eigenvalue weighted by molar-refractivity contribution is -0.386. The maximum atomic E-state index is 13.4. The molecule has 0 aliphatic carbocycles. The third-order valence-corrected chi connectivity index (χ3v) is 16.6. The number of aliphatic hydroxyl groups excluding tert-OH is 11. The highest BCUT2D eigenvalue weighted by molar-refractivity contribution is 5.77. The second-order valence-corrected chi connectivity index (χ2v) is 24.0. The summed E-state index contributed by atoms with van der Waals surface area (Å²) in [6.45, 7) is 2.09. The summed E-state index contributed by atoms with van der Waals surface area (Å²) in [6, 6.07) is -2.62. The number of carboxylic acid groups (broad SMARTS) is 1. The molecular formula is C63H114N2O21. The summed E-state index contributed by atoms with van der Waals surface area (Å²) in [5.41, 5.74) is 0. The maximum absolute atomic E-state index is 13.4. The number of unbranched alkanes of at least 4 members (excludes halogenated alkanes) is 26. The molecule has 18 atom stereocenters. The van der Waals surface area contributed by atoms with Gasteiger partial charge in [0.15, 0.2) is 12.6 Å². The lowest BCUT2D eigenvalue weighted by atomic mass is 9.88. The molecule has 0 bridgehead atoms. The molecule has 3 heterocycles. The van der Waals surface area contributed by atoms with E-state index in [9.17, 15) is 75.7 Å². The quantitative estimate of drug-likeness (QED) is 0.0294. The summed E-state index contributed by atoms with van der Waals surface area (Å²) in [5.74, 6) is -6.15. The largest absolute Gasteiger partial charge is 0.477 e. The number of aliphatic hydroxyl groups is 11. The molecule has 0 spiro atoms. The molecule has 3 fully saturated rings. The number of hydrogen-bond donors (Lipinski definition) is 14. The van der Waals surface area contributed by atoms with Crippen molar-refractivity contribution >= 4 is 17.8 Å². The minimum Gasteiger partial charge on any atom is -0.477 e. The molecule has 0 aromatic rings. The van der Waals surface area contributed by atoms with E-state index in [4.69, 9.17) is 28.4 Å². The van der Waals surface area contributed by atoms with Crippen molar-refractivity contribution in [2.75, 3.05) is 26.4 Å². The fourth-order valence-corrected chi connectivity index (χ4v) is 11.3. The standard InChI is InChI=1S/C63H114N2O21/c1-4-6-8-10-12-14-16-17-18-19-20-21-22-23-24-25-27-29-31-33-35-37-50(73)65-44(45(70)36-34-32-30-28-26-15-13-11-9-7-5-2)42-81-60-55(77)54(76)57(49(41-68)83-60)84-61-56(78)59(53(75)48(40-67)82-61)86-63(62(79)80)38-46(71)51(64-43(3)69)58(85-63)52(74)47(72)39-66/h21-22,34,36,44-49,51-61,66-68,70-72,74-78H,4-20,23-33,35,37-42H2,1-3H3,(H,64,69)(H,65,73)(H,79,80)/b22-21-,36-34+. The van der Waals surface area contributed by atoms with Gasteiger partial charge in [0.1, 0.15) is 67.1 Å². The highest BCUT2D eigenvalue weighted by Crippen LogP contribution is 2.38. The third-order valence-electron chi connectivity index (χ3n) is 16.6. The maximum Gasteiger partial charge on any atom is 0.364 e. The Morgan fingerprint density at radius 1 is 0.605 bits per heavy atom. The van der Waals surface area contributed by atoms with E-state index < -0.39 is 155 Å². The molecule has 3 rings (SSSR count). The molecule has 3 aliphatic heterocycles. The molecule has 2 amide bonds. The second kappa shape index (κ2) is 44.6. The van der Waals surface area contributed by atoms with E-state index >= 15 is 0 Å². The summed E-state index contributed by atoms with van der Waals surface area (Å²) in [4.78, 5) is 38.4. The zero-order valence-corrected chi connectivity index (χ0v) is 51.9. The smallest absolute Gasteiger partial charge is 0.364 e. The van der Waals surface area contributed by atoms with Crippen LogP contribution in [-0.2, 0) is 42.8 Å². The number of carbonyl (C=O) groups excluding carboxylic acids is 2. The van der Waals surface area contributed by atoms with Gasteiger partial charge in [-0.3, -0.25) is 9.59 Å². The van der Waals surface area contributed by atoms with Crippen molar-refractivity contribution in [3.63, 3.8) is 0 Å². The molecule has 0 aromatic heterocycles. The van der Waals surface area contributed by atoms with Gasteiger partial charge < -0.3 is 100 Å². The van der Waals surface area contributed by atoms with E-state index in [1.165, 1.54) is 103 Å². The van der Waals surface area contributed by atoms with Crippen LogP contribution >= 0.6 is 0 Å². The number of ether oxygens (including phenoxy) is 6. The number of allylic oxidation sites excluding steroid dienone is 3. The van der Waals surface area contributed by atoms with Crippen LogP contribution in [0.2, 0.25) is 0 Å². The first-order chi connectivity index (χ1) is 41.4. The van der Waals surface area contributed by atoms with Crippen molar-refractivity contribution in [3.05, 3.63) is 24.3 Å². The molecule has 0 saturated carbocycles. The Balaban J connectivity index is 1.60. The van der Waals surface area contributed by atoms with Crippen LogP contribution < -0.4 is 10.6 Å². The SMILES string of the molecule is CCCCCCCCCCC/C=C/C(O)C(COC1OC(CO)C(OC2OC(CO)C(O)C(OC3(C(=O)O)CC(O)C(NC(C)=O)C(C(O)C(O)CO)O3)C2O)C(O)C1O)NC(=O)CCCCCCCCC/C=C\CCCCCCCCCCCC. The van der Waals surface area contributed by atoms with Gasteiger partial charge in [-0.1, -0.05) is 179 Å². The molecule has 0 aromatic carbocycles. The van der Waals surface area contributed by atoms with Crippen LogP contribution in [0.5, 0.6) is 0 Å². The minimum absolute atomic E-state index is 0.195. The predicted molar refractivity (Wildman–Crippen MR) is 320 cm³/mol. The summed E-state index contributed by atoms with van der Waals surface area (Å²) in [7, 11) is 0. The second-order valence-electron chi connectivity index (χ2n) is 24.0. The lowest BCUT2D eigenvalue weighted by Crippen LogP contribution is -2.70. The van der Waals surface area contributed by atoms with Gasteiger partial charge in [0.2, 0.25) is 11.8 Å². The minimum atomic E-state index is -3.08. The molecule has 86 heavy (non-hydrogen) atoms. The summed E-state index contributed by atoms with van der Waals surface area (Å²) < 4.78 is 34.7. The number of carboxylic acids is 1. The molecule has 23 heteroatoms. The van der Waals surface area contributed by atoms with Crippen molar-refractivity contribution in [3.8, 4) is 0 Å². The topological polar surface area (TPSA) is 373 Å². The van der Waals surface area contributed by atoms with Crippen LogP contribution in [0.15, 0.2) is 24.3 Å². The van der Waals surface area contributed by atoms with Gasteiger partial charge in [-0.05, 0) is 44.9 Å². The van der Waals surface area contributed by atoms with E-state index in [1.807, 2.05) is 6.08 Å². The third kappa shape index (κ3) is 27.8. The first-order valence-corrected chi connectivity index (χ1v) is 32.7. The summed E-state index contributed by atoms with van der Waals surface area (Å²) >= 11 is 0. The van der Waals surface area contributed by atoms with Gasteiger partial charge in [-0.25, -0.2) is 4.79 Å². The highest BCUT2D eigenvalue weighted by Gasteiger charge is 2.60. The van der Waals surface area contributed by atoms with Crippen molar-refractivity contribution in [1.29, 1.82) is 0 Å². The molecule has 0 radical (unpaired) electrons. The Hall–Kier alpha value is -2.79. The predicted octanol–water partition coefficient (Wildman–Crippen LogP) is 4.50. The van der Waals surface area contributed by atoms with Crippen molar-refractivity contribution in [2.45, 2.75) is 330 Å². The average molecular weight is 1240 g/mol. The Bertz CT molecular complexity index is 1850. The van der Waals surface area contributed by atoms with E-state index in [1.54, 1.807) is 6.08 Å². The summed E-state index contributed by atoms with van der Waals surface area (Å²) in [5, 5.41) is 136. The monoisotopic (exact) mass is 1230 g/mol. The molecule has 3 aliphatic rings. The Labute approximate surface area is 511 Å². The molecule has 3 saturated heterocycles. The molecule has 14 N–H and O–H groups in total. The van der Waals surface area contributed by atoms with Gasteiger partial charge in [-0.15, -0.1) is 0 Å². The summed E-state index contributed by atoms with van der Waals surface area (Å²) in [6.07, 6.45) is 12.5. The first-order valence-electron chi connectivity index (χ1n) is 32.7. The fourth-order valence-electron chi connectivity index (χ4n) is 11.3. The van der Waals surface area contributed by atoms with Crippen LogP contribution in [-0.4, -0.2) is 215 Å². The van der Waals surface area contributed by atoms with Gasteiger partial charge in [-0.2, -0.15) is 0 Å². The number of aliphatic carboxylic acids is 1. The Kier molecular flexibility index (Phi) is 40.2. The van der Waals surface area contributed by atoms with Crippen LogP contribution in [0.25, 0.3) is 0 Å². The van der Waals surface area contributed by atoms with Crippen molar-refractivity contribution in [2.24, 2.45) is 0 Å².